The molecule has 0 aliphatic carbocycles. The van der Waals surface area contributed by atoms with Gasteiger partial charge in [-0.05, 0) is 55.7 Å². The van der Waals surface area contributed by atoms with Crippen molar-refractivity contribution in [3.8, 4) is 5.75 Å². The van der Waals surface area contributed by atoms with Gasteiger partial charge in [0.25, 0.3) is 5.91 Å². The van der Waals surface area contributed by atoms with E-state index in [0.717, 1.165) is 68.3 Å². The van der Waals surface area contributed by atoms with E-state index < -0.39 is 0 Å². The molecular formula is C27H34N4O4. The average Bonchev–Trinajstić information content (AvgIpc) is 3.22. The summed E-state index contributed by atoms with van der Waals surface area (Å²) in [4.78, 5) is 41.5. The van der Waals surface area contributed by atoms with Crippen LogP contribution in [0, 0.1) is 0 Å². The number of benzene rings is 2. The van der Waals surface area contributed by atoms with Crippen LogP contribution in [-0.2, 0) is 16.1 Å². The predicted octanol–water partition coefficient (Wildman–Crippen LogP) is 2.67. The molecule has 0 aromatic heterocycles. The topological polar surface area (TPSA) is 82.2 Å². The number of para-hydroxylation sites is 1. The van der Waals surface area contributed by atoms with Crippen LogP contribution in [0.25, 0.3) is 0 Å². The minimum Gasteiger partial charge on any atom is -0.494 e. The van der Waals surface area contributed by atoms with E-state index in [1.54, 1.807) is 0 Å². The van der Waals surface area contributed by atoms with Gasteiger partial charge in [0.1, 0.15) is 5.75 Å². The molecule has 0 saturated carbocycles. The number of nitrogens with one attached hydrogen (secondary N) is 1. The fraction of sp³-hybridized carbons (Fsp3) is 0.444. The summed E-state index contributed by atoms with van der Waals surface area (Å²) in [6.45, 7) is 8.18. The second kappa shape index (κ2) is 11.8. The standard InChI is InChI=1S/C27H34N4O4/c1-21(8-11-26(33)28-20-32)31-19-22-18-23(9-10-25(22)27(31)34)30-15-13-29(14-16-30)12-5-17-35-24-6-3-2-4-7-24/h2-4,6-7,9-10,18,20-21H,5,8,11-17,19H2,1H3,(H,28,32,33). The highest BCUT2D eigenvalue weighted by Gasteiger charge is 2.31. The van der Waals surface area contributed by atoms with Gasteiger partial charge in [-0.25, -0.2) is 0 Å². The molecule has 186 valence electrons. The number of hydrogen-bond donors (Lipinski definition) is 1. The van der Waals surface area contributed by atoms with E-state index in [9.17, 15) is 14.4 Å². The maximum atomic E-state index is 12.9. The Bertz CT molecular complexity index is 1020. The zero-order valence-corrected chi connectivity index (χ0v) is 20.3. The zero-order valence-electron chi connectivity index (χ0n) is 20.3. The monoisotopic (exact) mass is 478 g/mol. The minimum absolute atomic E-state index is 0.0115. The quantitative estimate of drug-likeness (QED) is 0.395. The van der Waals surface area contributed by atoms with Gasteiger partial charge in [0.15, 0.2) is 0 Å². The summed E-state index contributed by atoms with van der Waals surface area (Å²) in [6, 6.07) is 16.0. The van der Waals surface area contributed by atoms with Crippen LogP contribution in [0.2, 0.25) is 0 Å². The predicted molar refractivity (Wildman–Crippen MR) is 134 cm³/mol. The molecule has 1 N–H and O–H groups in total. The molecule has 2 heterocycles. The largest absolute Gasteiger partial charge is 0.494 e. The fourth-order valence-corrected chi connectivity index (χ4v) is 4.74. The van der Waals surface area contributed by atoms with E-state index in [0.29, 0.717) is 19.4 Å². The number of carbonyl (C=O) groups excluding carboxylic acids is 3. The van der Waals surface area contributed by atoms with Gasteiger partial charge < -0.3 is 14.5 Å². The lowest BCUT2D eigenvalue weighted by Gasteiger charge is -2.36. The van der Waals surface area contributed by atoms with Crippen LogP contribution in [-0.4, -0.2) is 73.4 Å². The van der Waals surface area contributed by atoms with Crippen LogP contribution in [0.1, 0.15) is 42.1 Å². The van der Waals surface area contributed by atoms with Crippen molar-refractivity contribution >= 4 is 23.9 Å². The second-order valence-electron chi connectivity index (χ2n) is 9.19. The summed E-state index contributed by atoms with van der Waals surface area (Å²) in [5.74, 6) is 0.613. The molecule has 8 heteroatoms. The Hall–Kier alpha value is -3.39. The number of ether oxygens (including phenoxy) is 1. The normalized spacial score (nSPS) is 16.7. The Morgan fingerprint density at radius 3 is 2.63 bits per heavy atom. The van der Waals surface area contributed by atoms with Crippen molar-refractivity contribution in [3.05, 3.63) is 59.7 Å². The summed E-state index contributed by atoms with van der Waals surface area (Å²) < 4.78 is 5.80. The number of carbonyl (C=O) groups is 3. The number of nitrogens with zero attached hydrogens (tertiary/aromatic N) is 3. The molecule has 2 aromatic carbocycles. The van der Waals surface area contributed by atoms with Gasteiger partial charge in [-0.2, -0.15) is 0 Å². The molecule has 0 spiro atoms. The lowest BCUT2D eigenvalue weighted by atomic mass is 10.1. The van der Waals surface area contributed by atoms with E-state index in [4.69, 9.17) is 4.74 Å². The molecule has 2 aliphatic heterocycles. The lowest BCUT2D eigenvalue weighted by molar-refractivity contribution is -0.125. The first-order valence-corrected chi connectivity index (χ1v) is 12.4. The van der Waals surface area contributed by atoms with Gasteiger partial charge in [0.05, 0.1) is 6.61 Å². The molecule has 1 saturated heterocycles. The highest BCUT2D eigenvalue weighted by molar-refractivity contribution is 5.99. The summed E-state index contributed by atoms with van der Waals surface area (Å²) in [7, 11) is 0. The molecule has 8 nitrogen and oxygen atoms in total. The first-order chi connectivity index (χ1) is 17.0. The zero-order chi connectivity index (χ0) is 24.6. The van der Waals surface area contributed by atoms with Crippen molar-refractivity contribution < 1.29 is 19.1 Å². The molecule has 3 amide bonds. The van der Waals surface area contributed by atoms with Crippen molar-refractivity contribution in [2.45, 2.75) is 38.8 Å². The lowest BCUT2D eigenvalue weighted by Crippen LogP contribution is -2.46. The van der Waals surface area contributed by atoms with E-state index in [1.165, 1.54) is 0 Å². The van der Waals surface area contributed by atoms with E-state index in [1.807, 2.05) is 54.3 Å². The summed E-state index contributed by atoms with van der Waals surface area (Å²) in [5.41, 5.74) is 2.94. The van der Waals surface area contributed by atoms with Crippen LogP contribution in [0.5, 0.6) is 5.75 Å². The van der Waals surface area contributed by atoms with Crippen LogP contribution < -0.4 is 15.0 Å². The van der Waals surface area contributed by atoms with Gasteiger partial charge in [0.2, 0.25) is 12.3 Å². The Balaban J connectivity index is 1.23. The molecular weight excluding hydrogens is 444 g/mol. The number of fused-ring (bicyclic) bond motifs is 1. The second-order valence-corrected chi connectivity index (χ2v) is 9.19. The molecule has 35 heavy (non-hydrogen) atoms. The Kier molecular flexibility index (Phi) is 8.36. The number of piperazine rings is 1. The molecule has 0 radical (unpaired) electrons. The van der Waals surface area contributed by atoms with Gasteiger partial charge in [-0.15, -0.1) is 0 Å². The average molecular weight is 479 g/mol. The first kappa shape index (κ1) is 24.7. The van der Waals surface area contributed by atoms with Gasteiger partial charge >= 0.3 is 0 Å². The molecule has 1 unspecified atom stereocenters. The third-order valence-corrected chi connectivity index (χ3v) is 6.83. The Labute approximate surface area is 206 Å². The minimum atomic E-state index is -0.318. The highest BCUT2D eigenvalue weighted by Crippen LogP contribution is 2.30. The van der Waals surface area contributed by atoms with Gasteiger partial charge in [-0.1, -0.05) is 18.2 Å². The van der Waals surface area contributed by atoms with Gasteiger partial charge in [-0.3, -0.25) is 24.6 Å². The van der Waals surface area contributed by atoms with E-state index in [2.05, 4.69) is 21.2 Å². The maximum absolute atomic E-state index is 12.9. The van der Waals surface area contributed by atoms with Crippen molar-refractivity contribution in [3.63, 3.8) is 0 Å². The van der Waals surface area contributed by atoms with Crippen molar-refractivity contribution in [1.82, 2.24) is 15.1 Å². The number of rotatable bonds is 11. The SMILES string of the molecule is CC(CCC(=O)NC=O)N1Cc2cc(N3CCN(CCCOc4ccccc4)CC3)ccc2C1=O. The molecule has 1 fully saturated rings. The third kappa shape index (κ3) is 6.39. The molecule has 1 atom stereocenters. The summed E-state index contributed by atoms with van der Waals surface area (Å²) >= 11 is 0. The summed E-state index contributed by atoms with van der Waals surface area (Å²) in [5, 5.41) is 2.15. The molecule has 0 bridgehead atoms. The fourth-order valence-electron chi connectivity index (χ4n) is 4.74. The van der Waals surface area contributed by atoms with Crippen LogP contribution in [0.4, 0.5) is 5.69 Å². The van der Waals surface area contributed by atoms with Crippen LogP contribution in [0.15, 0.2) is 48.5 Å². The molecule has 4 rings (SSSR count). The van der Waals surface area contributed by atoms with Crippen molar-refractivity contribution in [1.29, 1.82) is 0 Å². The van der Waals surface area contributed by atoms with Crippen molar-refractivity contribution in [2.75, 3.05) is 44.2 Å². The number of anilines is 1. The smallest absolute Gasteiger partial charge is 0.254 e. The number of amides is 3. The molecule has 2 aromatic rings. The first-order valence-electron chi connectivity index (χ1n) is 12.4. The van der Waals surface area contributed by atoms with Gasteiger partial charge in [0, 0.05) is 63.0 Å². The maximum Gasteiger partial charge on any atom is 0.254 e. The Morgan fingerprint density at radius 2 is 1.89 bits per heavy atom. The summed E-state index contributed by atoms with van der Waals surface area (Å²) in [6.07, 6.45) is 2.13. The number of imide groups is 1. The van der Waals surface area contributed by atoms with Crippen LogP contribution >= 0.6 is 0 Å². The van der Waals surface area contributed by atoms with E-state index >= 15 is 0 Å². The van der Waals surface area contributed by atoms with Crippen LogP contribution in [0.3, 0.4) is 0 Å². The number of hydrogen-bond acceptors (Lipinski definition) is 6. The van der Waals surface area contributed by atoms with Crippen molar-refractivity contribution in [2.24, 2.45) is 0 Å². The Morgan fingerprint density at radius 1 is 1.11 bits per heavy atom. The molecule has 2 aliphatic rings. The van der Waals surface area contributed by atoms with E-state index in [-0.39, 0.29) is 24.3 Å². The third-order valence-electron chi connectivity index (χ3n) is 6.83. The highest BCUT2D eigenvalue weighted by atomic mass is 16.5.